The Labute approximate surface area is 112 Å². The number of nitrogens with zero attached hydrogens (tertiary/aromatic N) is 1. The lowest BCUT2D eigenvalue weighted by atomic mass is 10.3. The third-order valence-corrected chi connectivity index (χ3v) is 2.61. The Morgan fingerprint density at radius 1 is 1.21 bits per heavy atom. The minimum absolute atomic E-state index is 0.260. The van der Waals surface area contributed by atoms with Crippen molar-refractivity contribution in [2.24, 2.45) is 0 Å². The molecule has 0 aliphatic carbocycles. The highest BCUT2D eigenvalue weighted by atomic mass is 19.1. The summed E-state index contributed by atoms with van der Waals surface area (Å²) in [5.41, 5.74) is 0.908. The normalized spacial score (nSPS) is 10.2. The Balaban J connectivity index is 1.91. The summed E-state index contributed by atoms with van der Waals surface area (Å²) in [5.74, 6) is 0.754. The maximum absolute atomic E-state index is 13.3. The molecule has 0 spiro atoms. The van der Waals surface area contributed by atoms with Gasteiger partial charge in [-0.15, -0.1) is 0 Å². The van der Waals surface area contributed by atoms with Crippen molar-refractivity contribution in [2.45, 2.75) is 20.0 Å². The molecule has 0 aliphatic rings. The van der Waals surface area contributed by atoms with Gasteiger partial charge in [-0.25, -0.2) is 9.37 Å². The highest BCUT2D eigenvalue weighted by Gasteiger charge is 2.02. The second-order valence-corrected chi connectivity index (χ2v) is 4.20. The third kappa shape index (κ3) is 3.95. The second-order valence-electron chi connectivity index (χ2n) is 4.20. The molecule has 100 valence electrons. The Morgan fingerprint density at radius 3 is 2.74 bits per heavy atom. The molecule has 1 aromatic heterocycles. The summed E-state index contributed by atoms with van der Waals surface area (Å²) in [6.45, 7) is 3.31. The summed E-state index contributed by atoms with van der Waals surface area (Å²) >= 11 is 0. The number of anilines is 1. The fourth-order valence-electron chi connectivity index (χ4n) is 1.59. The summed E-state index contributed by atoms with van der Waals surface area (Å²) < 4.78 is 18.8. The number of halogens is 1. The first-order chi connectivity index (χ1) is 9.29. The minimum atomic E-state index is -0.350. The topological polar surface area (TPSA) is 34.1 Å². The van der Waals surface area contributed by atoms with Crippen LogP contribution < -0.4 is 10.1 Å². The number of ether oxygens (including phenoxy) is 1. The first kappa shape index (κ1) is 13.3. The summed E-state index contributed by atoms with van der Waals surface area (Å²) in [6, 6.07) is 10.2. The van der Waals surface area contributed by atoms with E-state index in [0.29, 0.717) is 6.61 Å². The number of para-hydroxylation sites is 1. The molecule has 0 radical (unpaired) electrons. The highest BCUT2D eigenvalue weighted by molar-refractivity contribution is 5.35. The van der Waals surface area contributed by atoms with Crippen molar-refractivity contribution in [1.29, 1.82) is 0 Å². The third-order valence-electron chi connectivity index (χ3n) is 2.61. The molecule has 0 amide bonds. The van der Waals surface area contributed by atoms with Crippen LogP contribution in [0.15, 0.2) is 42.6 Å². The molecule has 0 atom stereocenters. The molecular weight excluding hydrogens is 243 g/mol. The molecule has 0 saturated heterocycles. The Morgan fingerprint density at radius 2 is 2.05 bits per heavy atom. The number of benzene rings is 1. The summed E-state index contributed by atoms with van der Waals surface area (Å²) in [5, 5.41) is 3.19. The first-order valence-corrected chi connectivity index (χ1v) is 6.35. The van der Waals surface area contributed by atoms with Crippen molar-refractivity contribution in [3.63, 3.8) is 0 Å². The van der Waals surface area contributed by atoms with Crippen LogP contribution in [0.25, 0.3) is 0 Å². The monoisotopic (exact) mass is 260 g/mol. The van der Waals surface area contributed by atoms with Crippen LogP contribution in [0.3, 0.4) is 0 Å². The molecule has 2 aromatic rings. The molecule has 3 nitrogen and oxygen atoms in total. The number of aromatic nitrogens is 1. The molecule has 0 aliphatic heterocycles. The lowest BCUT2D eigenvalue weighted by Gasteiger charge is -2.08. The lowest BCUT2D eigenvalue weighted by molar-refractivity contribution is 0.290. The summed E-state index contributed by atoms with van der Waals surface area (Å²) in [7, 11) is 0. The van der Waals surface area contributed by atoms with Gasteiger partial charge in [0.2, 0.25) is 0 Å². The highest BCUT2D eigenvalue weighted by Crippen LogP contribution is 2.17. The molecular formula is C15H17FN2O. The zero-order valence-corrected chi connectivity index (χ0v) is 10.9. The molecule has 4 heteroatoms. The van der Waals surface area contributed by atoms with Gasteiger partial charge in [0, 0.05) is 18.3 Å². The molecule has 0 saturated carbocycles. The van der Waals surface area contributed by atoms with Crippen molar-refractivity contribution < 1.29 is 9.13 Å². The molecule has 0 fully saturated rings. The largest absolute Gasteiger partial charge is 0.486 e. The van der Waals surface area contributed by atoms with Crippen molar-refractivity contribution in [2.75, 3.05) is 11.9 Å². The van der Waals surface area contributed by atoms with Crippen LogP contribution in [-0.2, 0) is 6.61 Å². The van der Waals surface area contributed by atoms with E-state index in [1.165, 1.54) is 6.07 Å². The molecule has 2 rings (SSSR count). The van der Waals surface area contributed by atoms with E-state index in [-0.39, 0.29) is 11.6 Å². The average Bonchev–Trinajstić information content (AvgIpc) is 2.45. The van der Waals surface area contributed by atoms with Crippen LogP contribution in [0.4, 0.5) is 10.2 Å². The standard InChI is InChI=1S/C15H17FN2O/c1-2-9-17-15-8-7-12(10-18-15)11-19-14-6-4-3-5-13(14)16/h3-8,10H,2,9,11H2,1H3,(H,17,18). The predicted octanol–water partition coefficient (Wildman–Crippen LogP) is 3.62. The van der Waals surface area contributed by atoms with Crippen molar-refractivity contribution in [3.8, 4) is 5.75 Å². The summed E-state index contributed by atoms with van der Waals surface area (Å²) in [6.07, 6.45) is 2.79. The molecule has 0 unspecified atom stereocenters. The van der Waals surface area contributed by atoms with Crippen LogP contribution in [-0.4, -0.2) is 11.5 Å². The van der Waals surface area contributed by atoms with Crippen molar-refractivity contribution in [3.05, 3.63) is 54.0 Å². The summed E-state index contributed by atoms with van der Waals surface area (Å²) in [4.78, 5) is 4.27. The van der Waals surface area contributed by atoms with Crippen molar-refractivity contribution >= 4 is 5.82 Å². The van der Waals surface area contributed by atoms with Crippen LogP contribution in [0.5, 0.6) is 5.75 Å². The number of nitrogens with one attached hydrogen (secondary N) is 1. The van der Waals surface area contributed by atoms with Gasteiger partial charge in [-0.05, 0) is 24.6 Å². The average molecular weight is 260 g/mol. The van der Waals surface area contributed by atoms with Crippen molar-refractivity contribution in [1.82, 2.24) is 4.98 Å². The number of hydrogen-bond acceptors (Lipinski definition) is 3. The van der Waals surface area contributed by atoms with Gasteiger partial charge in [0.25, 0.3) is 0 Å². The maximum atomic E-state index is 13.3. The van der Waals surface area contributed by atoms with Gasteiger partial charge in [0.1, 0.15) is 12.4 Å². The van der Waals surface area contributed by atoms with Gasteiger partial charge in [-0.3, -0.25) is 0 Å². The van der Waals surface area contributed by atoms with E-state index in [2.05, 4.69) is 17.2 Å². The van der Waals surface area contributed by atoms with E-state index in [0.717, 1.165) is 24.3 Å². The zero-order valence-electron chi connectivity index (χ0n) is 10.9. The lowest BCUT2D eigenvalue weighted by Crippen LogP contribution is -2.03. The number of rotatable bonds is 6. The smallest absolute Gasteiger partial charge is 0.165 e. The SMILES string of the molecule is CCCNc1ccc(COc2ccccc2F)cn1. The molecule has 19 heavy (non-hydrogen) atoms. The Kier molecular flexibility index (Phi) is 4.72. The minimum Gasteiger partial charge on any atom is -0.486 e. The van der Waals surface area contributed by atoms with Gasteiger partial charge >= 0.3 is 0 Å². The van der Waals surface area contributed by atoms with E-state index in [9.17, 15) is 4.39 Å². The Hall–Kier alpha value is -2.10. The second kappa shape index (κ2) is 6.73. The van der Waals surface area contributed by atoms with Gasteiger partial charge in [0.05, 0.1) is 0 Å². The van der Waals surface area contributed by atoms with E-state index < -0.39 is 0 Å². The van der Waals surface area contributed by atoms with Crippen LogP contribution >= 0.6 is 0 Å². The molecule has 1 N–H and O–H groups in total. The fraction of sp³-hybridized carbons (Fsp3) is 0.267. The predicted molar refractivity (Wildman–Crippen MR) is 73.7 cm³/mol. The fourth-order valence-corrected chi connectivity index (χ4v) is 1.59. The van der Waals surface area contributed by atoms with Crippen LogP contribution in [0.1, 0.15) is 18.9 Å². The van der Waals surface area contributed by atoms with E-state index >= 15 is 0 Å². The first-order valence-electron chi connectivity index (χ1n) is 6.35. The van der Waals surface area contributed by atoms with E-state index in [1.54, 1.807) is 24.4 Å². The van der Waals surface area contributed by atoms with Crippen LogP contribution in [0.2, 0.25) is 0 Å². The van der Waals surface area contributed by atoms with Gasteiger partial charge in [-0.2, -0.15) is 0 Å². The number of hydrogen-bond donors (Lipinski definition) is 1. The van der Waals surface area contributed by atoms with E-state index in [4.69, 9.17) is 4.74 Å². The molecule has 1 aromatic carbocycles. The van der Waals surface area contributed by atoms with Gasteiger partial charge in [0.15, 0.2) is 11.6 Å². The Bertz CT molecular complexity index is 514. The zero-order chi connectivity index (χ0) is 13.5. The van der Waals surface area contributed by atoms with E-state index in [1.807, 2.05) is 12.1 Å². The molecule has 0 bridgehead atoms. The molecule has 1 heterocycles. The quantitative estimate of drug-likeness (QED) is 0.861. The number of pyridine rings is 1. The van der Waals surface area contributed by atoms with Gasteiger partial charge in [-0.1, -0.05) is 25.1 Å². The van der Waals surface area contributed by atoms with Crippen LogP contribution in [0, 0.1) is 5.82 Å². The maximum Gasteiger partial charge on any atom is 0.165 e. The van der Waals surface area contributed by atoms with Gasteiger partial charge < -0.3 is 10.1 Å².